The first kappa shape index (κ1) is 20.4. The smallest absolute Gasteiger partial charge is 0.218 e. The van der Waals surface area contributed by atoms with Gasteiger partial charge in [0.15, 0.2) is 0 Å². The van der Waals surface area contributed by atoms with Crippen molar-refractivity contribution in [2.24, 2.45) is 0 Å². The summed E-state index contributed by atoms with van der Waals surface area (Å²) in [5.41, 5.74) is 0. The number of halogens is 7. The molecule has 0 aliphatic heterocycles. The highest BCUT2D eigenvalue weighted by Crippen LogP contribution is 2.49. The van der Waals surface area contributed by atoms with E-state index in [-0.39, 0.29) is 6.42 Å². The molecule has 0 radical (unpaired) electrons. The lowest BCUT2D eigenvalue weighted by Gasteiger charge is -2.30. The first-order valence-corrected chi connectivity index (χ1v) is 7.52. The van der Waals surface area contributed by atoms with Gasteiger partial charge in [0.05, 0.1) is 5.25 Å². The Hall–Kier alpha value is -0.580. The van der Waals surface area contributed by atoms with Crippen molar-refractivity contribution in [3.05, 3.63) is 0 Å². The number of alkyl halides is 7. The van der Waals surface area contributed by atoms with Crippen LogP contribution in [-0.4, -0.2) is 38.7 Å². The van der Waals surface area contributed by atoms with E-state index in [1.165, 1.54) is 0 Å². The molecule has 0 amide bonds. The van der Waals surface area contributed by atoms with Gasteiger partial charge in [-0.1, -0.05) is 19.8 Å². The summed E-state index contributed by atoms with van der Waals surface area (Å²) in [5.74, 6) is -11.8. The van der Waals surface area contributed by atoms with E-state index < -0.39 is 46.1 Å². The van der Waals surface area contributed by atoms with E-state index in [9.17, 15) is 39.2 Å². The van der Waals surface area contributed by atoms with Crippen molar-refractivity contribution in [3.63, 3.8) is 0 Å². The molecular formula is C10H16F7NO2S. The predicted octanol–water partition coefficient (Wildman–Crippen LogP) is 3.32. The zero-order chi connectivity index (χ0) is 17.1. The number of rotatable bonds is 8. The highest BCUT2D eigenvalue weighted by molar-refractivity contribution is 7.90. The Bertz CT molecular complexity index is 433. The van der Waals surface area contributed by atoms with E-state index >= 15 is 0 Å². The zero-order valence-corrected chi connectivity index (χ0v) is 12.1. The molecule has 0 saturated carbocycles. The first-order valence-electron chi connectivity index (χ1n) is 5.97. The second-order valence-corrected chi connectivity index (χ2v) is 6.66. The highest BCUT2D eigenvalue weighted by atomic mass is 32.2. The highest BCUT2D eigenvalue weighted by Gasteiger charge is 2.73. The second kappa shape index (κ2) is 6.67. The van der Waals surface area contributed by atoms with Gasteiger partial charge in [-0.2, -0.15) is 30.7 Å². The third-order valence-corrected chi connectivity index (χ3v) is 4.75. The van der Waals surface area contributed by atoms with Gasteiger partial charge >= 0.3 is 18.0 Å². The van der Waals surface area contributed by atoms with Crippen LogP contribution in [0.5, 0.6) is 0 Å². The number of hydrogen-bond acceptors (Lipinski definition) is 2. The summed E-state index contributed by atoms with van der Waals surface area (Å²) in [6.07, 6.45) is -8.54. The average molecular weight is 347 g/mol. The molecule has 1 atom stereocenters. The summed E-state index contributed by atoms with van der Waals surface area (Å²) in [4.78, 5) is 0. The molecule has 0 aromatic carbocycles. The number of unbranched alkanes of at least 4 members (excludes halogenated alkanes) is 1. The molecule has 0 rings (SSSR count). The molecule has 0 aliphatic rings. The largest absolute Gasteiger partial charge is 0.459 e. The van der Waals surface area contributed by atoms with Gasteiger partial charge in [0.1, 0.15) is 0 Å². The number of nitrogens with one attached hydrogen (secondary N) is 1. The quantitative estimate of drug-likeness (QED) is 0.685. The van der Waals surface area contributed by atoms with E-state index in [4.69, 9.17) is 0 Å². The van der Waals surface area contributed by atoms with Crippen molar-refractivity contribution in [1.82, 2.24) is 4.72 Å². The fraction of sp³-hybridized carbons (Fsp3) is 1.00. The Morgan fingerprint density at radius 1 is 1.05 bits per heavy atom. The van der Waals surface area contributed by atoms with Crippen LogP contribution in [0.25, 0.3) is 0 Å². The molecule has 0 heterocycles. The Morgan fingerprint density at radius 2 is 1.52 bits per heavy atom. The molecule has 3 nitrogen and oxygen atoms in total. The van der Waals surface area contributed by atoms with Crippen LogP contribution in [0, 0.1) is 0 Å². The standard InChI is InChI=1S/C10H16F7NO2S/c1-3-4-5-7(21(19,20)18-2)6-8(11,12)9(13,14)10(15,16)17/h7,18H,3-6H2,1-2H3. The van der Waals surface area contributed by atoms with Crippen molar-refractivity contribution in [2.75, 3.05) is 7.05 Å². The summed E-state index contributed by atoms with van der Waals surface area (Å²) >= 11 is 0. The molecule has 0 aromatic heterocycles. The molecule has 0 saturated heterocycles. The molecule has 0 aliphatic carbocycles. The normalized spacial score (nSPS) is 16.0. The number of hydrogen-bond donors (Lipinski definition) is 1. The van der Waals surface area contributed by atoms with Gasteiger partial charge in [-0.3, -0.25) is 0 Å². The summed E-state index contributed by atoms with van der Waals surface area (Å²) in [6.45, 7) is 1.59. The van der Waals surface area contributed by atoms with Crippen LogP contribution in [0.1, 0.15) is 32.6 Å². The van der Waals surface area contributed by atoms with Gasteiger partial charge in [-0.25, -0.2) is 13.1 Å². The van der Waals surface area contributed by atoms with Crippen LogP contribution in [0.3, 0.4) is 0 Å². The average Bonchev–Trinajstić information content (AvgIpc) is 2.32. The Labute approximate surface area is 117 Å². The lowest BCUT2D eigenvalue weighted by Crippen LogP contribution is -2.54. The Kier molecular flexibility index (Phi) is 6.49. The topological polar surface area (TPSA) is 46.2 Å². The lowest BCUT2D eigenvalue weighted by molar-refractivity contribution is -0.355. The van der Waals surface area contributed by atoms with E-state index in [2.05, 4.69) is 0 Å². The van der Waals surface area contributed by atoms with Gasteiger partial charge in [0.25, 0.3) is 0 Å². The molecule has 0 bridgehead atoms. The summed E-state index contributed by atoms with van der Waals surface area (Å²) in [6, 6.07) is 0. The SMILES string of the molecule is CCCCC(CC(F)(F)C(F)(F)C(F)(F)F)S(=O)(=O)NC. The molecular weight excluding hydrogens is 331 g/mol. The zero-order valence-electron chi connectivity index (χ0n) is 11.3. The summed E-state index contributed by atoms with van der Waals surface area (Å²) < 4.78 is 113. The van der Waals surface area contributed by atoms with Crippen molar-refractivity contribution in [3.8, 4) is 0 Å². The minimum absolute atomic E-state index is 0.0965. The maximum Gasteiger partial charge on any atom is 0.459 e. The van der Waals surface area contributed by atoms with Crippen LogP contribution in [0.4, 0.5) is 30.7 Å². The van der Waals surface area contributed by atoms with Crippen LogP contribution in [-0.2, 0) is 10.0 Å². The molecule has 1 unspecified atom stereocenters. The van der Waals surface area contributed by atoms with Gasteiger partial charge in [0.2, 0.25) is 10.0 Å². The molecule has 21 heavy (non-hydrogen) atoms. The predicted molar refractivity (Wildman–Crippen MR) is 61.9 cm³/mol. The third-order valence-electron chi connectivity index (χ3n) is 2.90. The maximum atomic E-state index is 13.3. The van der Waals surface area contributed by atoms with E-state index in [1.54, 1.807) is 11.6 Å². The van der Waals surface area contributed by atoms with E-state index in [1.807, 2.05) is 0 Å². The maximum absolute atomic E-state index is 13.3. The fourth-order valence-corrected chi connectivity index (χ4v) is 2.83. The second-order valence-electron chi connectivity index (χ2n) is 4.49. The summed E-state index contributed by atoms with van der Waals surface area (Å²) in [5, 5.41) is -2.04. The monoisotopic (exact) mass is 347 g/mol. The first-order chi connectivity index (χ1) is 9.23. The van der Waals surface area contributed by atoms with Crippen LogP contribution in [0.2, 0.25) is 0 Å². The van der Waals surface area contributed by atoms with Crippen molar-refractivity contribution >= 4 is 10.0 Å². The third kappa shape index (κ3) is 4.70. The molecule has 0 aromatic rings. The fourth-order valence-electron chi connectivity index (χ4n) is 1.59. The van der Waals surface area contributed by atoms with Crippen LogP contribution < -0.4 is 4.72 Å². The summed E-state index contributed by atoms with van der Waals surface area (Å²) in [7, 11) is -3.53. The van der Waals surface area contributed by atoms with E-state index in [0.29, 0.717) is 6.42 Å². The van der Waals surface area contributed by atoms with Gasteiger partial charge in [-0.15, -0.1) is 0 Å². The van der Waals surface area contributed by atoms with Gasteiger partial charge < -0.3 is 0 Å². The van der Waals surface area contributed by atoms with Crippen LogP contribution >= 0.6 is 0 Å². The van der Waals surface area contributed by atoms with Gasteiger partial charge in [-0.05, 0) is 13.5 Å². The van der Waals surface area contributed by atoms with Gasteiger partial charge in [0, 0.05) is 6.42 Å². The molecule has 0 fully saturated rings. The lowest BCUT2D eigenvalue weighted by atomic mass is 10.0. The molecule has 128 valence electrons. The number of sulfonamides is 1. The van der Waals surface area contributed by atoms with Crippen molar-refractivity contribution in [2.45, 2.75) is 55.9 Å². The minimum atomic E-state index is -6.46. The van der Waals surface area contributed by atoms with Crippen molar-refractivity contribution < 1.29 is 39.2 Å². The molecule has 11 heteroatoms. The molecule has 1 N–H and O–H groups in total. The Balaban J connectivity index is 5.42. The van der Waals surface area contributed by atoms with Crippen LogP contribution in [0.15, 0.2) is 0 Å². The van der Waals surface area contributed by atoms with E-state index in [0.717, 1.165) is 7.05 Å². The van der Waals surface area contributed by atoms with Crippen molar-refractivity contribution in [1.29, 1.82) is 0 Å². The Morgan fingerprint density at radius 3 is 1.86 bits per heavy atom. The molecule has 0 spiro atoms. The minimum Gasteiger partial charge on any atom is -0.218 e.